The molecule has 1 N–H and O–H groups in total. The van der Waals surface area contributed by atoms with E-state index in [0.717, 1.165) is 5.71 Å². The number of hydrazone groups is 1. The molecule has 0 radical (unpaired) electrons. The molecule has 0 spiro atoms. The van der Waals surface area contributed by atoms with Gasteiger partial charge in [-0.05, 0) is 32.0 Å². The Bertz CT molecular complexity index is 551. The molecular weight excluding hydrogens is 311 g/mol. The summed E-state index contributed by atoms with van der Waals surface area (Å²) >= 11 is 11.8. The highest BCUT2D eigenvalue weighted by molar-refractivity contribution is 6.35. The Morgan fingerprint density at radius 2 is 1.95 bits per heavy atom. The third-order valence-electron chi connectivity index (χ3n) is 2.99. The lowest BCUT2D eigenvalue weighted by molar-refractivity contribution is -0.127. The summed E-state index contributed by atoms with van der Waals surface area (Å²) < 4.78 is 5.51. The van der Waals surface area contributed by atoms with Crippen LogP contribution in [0.25, 0.3) is 0 Å². The number of ether oxygens (including phenoxy) is 1. The normalized spacial score (nSPS) is 13.8. The van der Waals surface area contributed by atoms with Gasteiger partial charge in [0.25, 0.3) is 5.91 Å². The molecule has 0 fully saturated rings. The van der Waals surface area contributed by atoms with Crippen molar-refractivity contribution in [2.24, 2.45) is 10.5 Å². The van der Waals surface area contributed by atoms with Crippen LogP contribution in [0, 0.1) is 5.41 Å². The van der Waals surface area contributed by atoms with E-state index in [0.29, 0.717) is 15.8 Å². The van der Waals surface area contributed by atoms with Crippen LogP contribution in [-0.4, -0.2) is 17.7 Å². The fourth-order valence-electron chi connectivity index (χ4n) is 1.21. The van der Waals surface area contributed by atoms with Gasteiger partial charge >= 0.3 is 0 Å². The Labute approximate surface area is 135 Å². The summed E-state index contributed by atoms with van der Waals surface area (Å²) in [4.78, 5) is 11.9. The highest BCUT2D eigenvalue weighted by Gasteiger charge is 2.18. The Kier molecular flexibility index (Phi) is 6.05. The highest BCUT2D eigenvalue weighted by Crippen LogP contribution is 2.28. The molecule has 0 saturated heterocycles. The molecule has 0 aliphatic heterocycles. The van der Waals surface area contributed by atoms with Gasteiger partial charge in [0.1, 0.15) is 5.75 Å². The van der Waals surface area contributed by atoms with E-state index in [-0.39, 0.29) is 11.3 Å². The van der Waals surface area contributed by atoms with Gasteiger partial charge in [0.05, 0.1) is 5.02 Å². The summed E-state index contributed by atoms with van der Waals surface area (Å²) in [6, 6.07) is 4.83. The van der Waals surface area contributed by atoms with E-state index < -0.39 is 6.10 Å². The summed E-state index contributed by atoms with van der Waals surface area (Å²) in [7, 11) is 0. The number of amides is 1. The summed E-state index contributed by atoms with van der Waals surface area (Å²) in [5.41, 5.74) is 3.22. The standard InChI is InChI=1S/C15H20Cl2N2O2/c1-9(14(20)19-18-10(2)15(3,4)5)21-13-7-6-11(16)8-12(13)17/h6-9H,1-5H3,(H,19,20). The predicted octanol–water partition coefficient (Wildman–Crippen LogP) is 4.30. The molecule has 0 aliphatic rings. The van der Waals surface area contributed by atoms with E-state index in [1.165, 1.54) is 0 Å². The van der Waals surface area contributed by atoms with Crippen molar-refractivity contribution in [3.8, 4) is 5.75 Å². The van der Waals surface area contributed by atoms with E-state index in [1.54, 1.807) is 25.1 Å². The minimum Gasteiger partial charge on any atom is -0.479 e. The number of nitrogens with zero attached hydrogens (tertiary/aromatic N) is 1. The minimum atomic E-state index is -0.722. The lowest BCUT2D eigenvalue weighted by Crippen LogP contribution is -2.35. The van der Waals surface area contributed by atoms with Gasteiger partial charge in [-0.3, -0.25) is 4.79 Å². The summed E-state index contributed by atoms with van der Waals surface area (Å²) in [6.45, 7) is 9.55. The van der Waals surface area contributed by atoms with Crippen LogP contribution in [0.15, 0.2) is 23.3 Å². The third kappa shape index (κ3) is 5.56. The van der Waals surface area contributed by atoms with Gasteiger partial charge in [-0.1, -0.05) is 44.0 Å². The van der Waals surface area contributed by atoms with Crippen LogP contribution in [0.2, 0.25) is 10.0 Å². The molecule has 1 amide bonds. The third-order valence-corrected chi connectivity index (χ3v) is 3.52. The molecule has 1 aromatic carbocycles. The lowest BCUT2D eigenvalue weighted by Gasteiger charge is -2.18. The van der Waals surface area contributed by atoms with Crippen molar-refractivity contribution in [1.82, 2.24) is 5.43 Å². The van der Waals surface area contributed by atoms with Crippen molar-refractivity contribution in [1.29, 1.82) is 0 Å². The molecule has 0 bridgehead atoms. The van der Waals surface area contributed by atoms with Gasteiger partial charge < -0.3 is 4.74 Å². The van der Waals surface area contributed by atoms with Crippen LogP contribution in [0.4, 0.5) is 0 Å². The fourth-order valence-corrected chi connectivity index (χ4v) is 1.67. The first-order valence-corrected chi connectivity index (χ1v) is 7.33. The monoisotopic (exact) mass is 330 g/mol. The van der Waals surface area contributed by atoms with E-state index in [9.17, 15) is 4.79 Å². The van der Waals surface area contributed by atoms with Gasteiger partial charge in [0.2, 0.25) is 0 Å². The fraction of sp³-hybridized carbons (Fsp3) is 0.467. The Hall–Kier alpha value is -1.26. The average Bonchev–Trinajstić information content (AvgIpc) is 2.37. The first-order valence-electron chi connectivity index (χ1n) is 6.57. The maximum Gasteiger partial charge on any atom is 0.280 e. The largest absolute Gasteiger partial charge is 0.479 e. The van der Waals surface area contributed by atoms with E-state index in [2.05, 4.69) is 10.5 Å². The van der Waals surface area contributed by atoms with E-state index in [4.69, 9.17) is 27.9 Å². The maximum absolute atomic E-state index is 11.9. The number of benzene rings is 1. The zero-order valence-corrected chi connectivity index (χ0v) is 14.3. The van der Waals surface area contributed by atoms with Crippen LogP contribution >= 0.6 is 23.2 Å². The molecule has 6 heteroatoms. The first kappa shape index (κ1) is 17.8. The van der Waals surface area contributed by atoms with Crippen LogP contribution in [0.5, 0.6) is 5.75 Å². The summed E-state index contributed by atoms with van der Waals surface area (Å²) in [5.74, 6) is 0.0601. The molecule has 1 rings (SSSR count). The van der Waals surface area contributed by atoms with Gasteiger partial charge in [-0.15, -0.1) is 0 Å². The second-order valence-electron chi connectivity index (χ2n) is 5.76. The van der Waals surface area contributed by atoms with Crippen molar-refractivity contribution >= 4 is 34.8 Å². The maximum atomic E-state index is 11.9. The number of carbonyl (C=O) groups excluding carboxylic acids is 1. The zero-order valence-electron chi connectivity index (χ0n) is 12.8. The van der Waals surface area contributed by atoms with Gasteiger partial charge in [0, 0.05) is 16.1 Å². The smallest absolute Gasteiger partial charge is 0.280 e. The van der Waals surface area contributed by atoms with Gasteiger partial charge in [0.15, 0.2) is 6.10 Å². The van der Waals surface area contributed by atoms with E-state index in [1.807, 2.05) is 27.7 Å². The van der Waals surface area contributed by atoms with Crippen LogP contribution in [0.1, 0.15) is 34.6 Å². The molecule has 4 nitrogen and oxygen atoms in total. The Morgan fingerprint density at radius 1 is 1.33 bits per heavy atom. The molecule has 116 valence electrons. The van der Waals surface area contributed by atoms with Crippen molar-refractivity contribution in [2.45, 2.75) is 40.7 Å². The molecule has 21 heavy (non-hydrogen) atoms. The second kappa shape index (κ2) is 7.14. The minimum absolute atomic E-state index is 0.100. The molecule has 1 aromatic rings. The highest BCUT2D eigenvalue weighted by atomic mass is 35.5. The predicted molar refractivity (Wildman–Crippen MR) is 87.3 cm³/mol. The SMILES string of the molecule is CC(=NNC(=O)C(C)Oc1ccc(Cl)cc1Cl)C(C)(C)C. The number of nitrogens with one attached hydrogen (secondary N) is 1. The quantitative estimate of drug-likeness (QED) is 0.661. The molecular formula is C15H20Cl2N2O2. The second-order valence-corrected chi connectivity index (χ2v) is 6.60. The molecule has 0 aliphatic carbocycles. The summed E-state index contributed by atoms with van der Waals surface area (Å²) in [6.07, 6.45) is -0.722. The molecule has 1 unspecified atom stereocenters. The Balaban J connectivity index is 2.67. The van der Waals surface area contributed by atoms with Crippen LogP contribution in [0.3, 0.4) is 0 Å². The number of hydrogen-bond acceptors (Lipinski definition) is 3. The average molecular weight is 331 g/mol. The molecule has 0 heterocycles. The van der Waals surface area contributed by atoms with Gasteiger partial charge in [-0.25, -0.2) is 5.43 Å². The van der Waals surface area contributed by atoms with Crippen LogP contribution < -0.4 is 10.2 Å². The van der Waals surface area contributed by atoms with Crippen molar-refractivity contribution in [2.75, 3.05) is 0 Å². The summed E-state index contributed by atoms with van der Waals surface area (Å²) in [5, 5.41) is 4.94. The number of halogens is 2. The molecule has 0 aromatic heterocycles. The van der Waals surface area contributed by atoms with Crippen molar-refractivity contribution in [3.63, 3.8) is 0 Å². The lowest BCUT2D eigenvalue weighted by atomic mass is 9.91. The van der Waals surface area contributed by atoms with Crippen LogP contribution in [-0.2, 0) is 4.79 Å². The van der Waals surface area contributed by atoms with E-state index >= 15 is 0 Å². The van der Waals surface area contributed by atoms with Crippen molar-refractivity contribution in [3.05, 3.63) is 28.2 Å². The topological polar surface area (TPSA) is 50.7 Å². The number of rotatable bonds is 4. The zero-order chi connectivity index (χ0) is 16.2. The van der Waals surface area contributed by atoms with Gasteiger partial charge in [-0.2, -0.15) is 5.10 Å². The van der Waals surface area contributed by atoms with Crippen molar-refractivity contribution < 1.29 is 9.53 Å². The number of carbonyl (C=O) groups is 1. The molecule has 1 atom stereocenters. The number of hydrogen-bond donors (Lipinski definition) is 1. The Morgan fingerprint density at radius 3 is 2.48 bits per heavy atom. The molecule has 0 saturated carbocycles. The first-order chi connectivity index (χ1) is 9.61.